The zero-order valence-electron chi connectivity index (χ0n) is 14.8. The number of carboxylic acid groups (broad SMARTS) is 1. The summed E-state index contributed by atoms with van der Waals surface area (Å²) in [6.07, 6.45) is 0.909. The minimum atomic E-state index is -0.882. The van der Waals surface area contributed by atoms with E-state index in [1.165, 1.54) is 0 Å². The van der Waals surface area contributed by atoms with Gasteiger partial charge in [-0.1, -0.05) is 42.5 Å². The molecule has 0 fully saturated rings. The fourth-order valence-electron chi connectivity index (χ4n) is 2.62. The number of anilines is 1. The molecule has 2 aromatic rings. The van der Waals surface area contributed by atoms with Crippen LogP contribution in [0, 0.1) is 0 Å². The van der Waals surface area contributed by atoms with Gasteiger partial charge < -0.3 is 20.5 Å². The Morgan fingerprint density at radius 2 is 1.77 bits per heavy atom. The topological polar surface area (TPSA) is 87.7 Å². The molecular weight excluding hydrogens is 332 g/mol. The van der Waals surface area contributed by atoms with E-state index in [-0.39, 0.29) is 18.5 Å². The number of nitrogens with one attached hydrogen (secondary N) is 2. The normalized spacial score (nSPS) is 11.4. The standard InChI is InChI=1S/C20H24N2O4/c1-2-26-18-11-7-6-10-17(18)22-20(25)21-16(12-13-19(23)24)14-15-8-4-3-5-9-15/h3-11,16H,2,12-14H2,1H3,(H,23,24)(H2,21,22,25). The first kappa shape index (κ1) is 19.3. The Labute approximate surface area is 153 Å². The number of carboxylic acids is 1. The first-order valence-corrected chi connectivity index (χ1v) is 8.63. The van der Waals surface area contributed by atoms with Crippen molar-refractivity contribution in [1.82, 2.24) is 5.32 Å². The van der Waals surface area contributed by atoms with Gasteiger partial charge in [0.2, 0.25) is 0 Å². The fourth-order valence-corrected chi connectivity index (χ4v) is 2.62. The zero-order valence-corrected chi connectivity index (χ0v) is 14.8. The summed E-state index contributed by atoms with van der Waals surface area (Å²) in [6, 6.07) is 16.2. The van der Waals surface area contributed by atoms with Crippen LogP contribution in [0.2, 0.25) is 0 Å². The van der Waals surface area contributed by atoms with Crippen molar-refractivity contribution in [3.8, 4) is 5.75 Å². The summed E-state index contributed by atoms with van der Waals surface area (Å²) in [5.41, 5.74) is 1.61. The molecule has 0 radical (unpaired) electrons. The van der Waals surface area contributed by atoms with E-state index in [4.69, 9.17) is 9.84 Å². The number of carbonyl (C=O) groups is 2. The van der Waals surface area contributed by atoms with Gasteiger partial charge in [-0.05, 0) is 37.5 Å². The van der Waals surface area contributed by atoms with E-state index in [0.29, 0.717) is 30.9 Å². The molecule has 1 atom stereocenters. The molecule has 0 aliphatic heterocycles. The largest absolute Gasteiger partial charge is 0.492 e. The number of aliphatic carboxylic acids is 1. The van der Waals surface area contributed by atoms with E-state index in [2.05, 4.69) is 10.6 Å². The third-order valence-electron chi connectivity index (χ3n) is 3.80. The lowest BCUT2D eigenvalue weighted by molar-refractivity contribution is -0.137. The number of urea groups is 1. The van der Waals surface area contributed by atoms with Crippen molar-refractivity contribution in [2.45, 2.75) is 32.2 Å². The average Bonchev–Trinajstić information content (AvgIpc) is 2.62. The number of hydrogen-bond donors (Lipinski definition) is 3. The van der Waals surface area contributed by atoms with Crippen LogP contribution in [-0.2, 0) is 11.2 Å². The molecule has 138 valence electrons. The van der Waals surface area contributed by atoms with Crippen LogP contribution < -0.4 is 15.4 Å². The molecule has 2 aromatic carbocycles. The van der Waals surface area contributed by atoms with Crippen molar-refractivity contribution < 1.29 is 19.4 Å². The Morgan fingerprint density at radius 3 is 2.46 bits per heavy atom. The minimum absolute atomic E-state index is 0.00663. The van der Waals surface area contributed by atoms with Crippen LogP contribution in [-0.4, -0.2) is 29.8 Å². The van der Waals surface area contributed by atoms with E-state index in [0.717, 1.165) is 5.56 Å². The van der Waals surface area contributed by atoms with E-state index < -0.39 is 5.97 Å². The Balaban J connectivity index is 2.02. The van der Waals surface area contributed by atoms with Gasteiger partial charge in [0.05, 0.1) is 12.3 Å². The van der Waals surface area contributed by atoms with E-state index >= 15 is 0 Å². The minimum Gasteiger partial charge on any atom is -0.492 e. The molecule has 0 spiro atoms. The van der Waals surface area contributed by atoms with Crippen molar-refractivity contribution in [2.24, 2.45) is 0 Å². The van der Waals surface area contributed by atoms with Gasteiger partial charge in [0.15, 0.2) is 0 Å². The van der Waals surface area contributed by atoms with E-state index in [9.17, 15) is 9.59 Å². The molecule has 0 saturated heterocycles. The second-order valence-corrected chi connectivity index (χ2v) is 5.85. The Hall–Kier alpha value is -3.02. The number of benzene rings is 2. The van der Waals surface area contributed by atoms with Gasteiger partial charge in [-0.3, -0.25) is 4.79 Å². The predicted octanol–water partition coefficient (Wildman–Crippen LogP) is 3.68. The van der Waals surface area contributed by atoms with Crippen molar-refractivity contribution in [3.05, 3.63) is 60.2 Å². The van der Waals surface area contributed by atoms with Gasteiger partial charge >= 0.3 is 12.0 Å². The van der Waals surface area contributed by atoms with Gasteiger partial charge in [-0.15, -0.1) is 0 Å². The number of rotatable bonds is 9. The third kappa shape index (κ3) is 6.47. The van der Waals surface area contributed by atoms with Gasteiger partial charge in [0, 0.05) is 12.5 Å². The summed E-state index contributed by atoms with van der Waals surface area (Å²) < 4.78 is 5.50. The summed E-state index contributed by atoms with van der Waals surface area (Å²) >= 11 is 0. The molecule has 0 heterocycles. The van der Waals surface area contributed by atoms with Crippen LogP contribution in [0.3, 0.4) is 0 Å². The van der Waals surface area contributed by atoms with Crippen LogP contribution in [0.5, 0.6) is 5.75 Å². The molecule has 1 unspecified atom stereocenters. The van der Waals surface area contributed by atoms with Gasteiger partial charge in [-0.2, -0.15) is 0 Å². The highest BCUT2D eigenvalue weighted by Crippen LogP contribution is 2.23. The van der Waals surface area contributed by atoms with Crippen molar-refractivity contribution in [1.29, 1.82) is 0 Å². The van der Waals surface area contributed by atoms with Crippen molar-refractivity contribution in [2.75, 3.05) is 11.9 Å². The lowest BCUT2D eigenvalue weighted by Gasteiger charge is -2.19. The quantitative estimate of drug-likeness (QED) is 0.639. The fraction of sp³-hybridized carbons (Fsp3) is 0.300. The summed E-state index contributed by atoms with van der Waals surface area (Å²) in [6.45, 7) is 2.37. The summed E-state index contributed by atoms with van der Waals surface area (Å²) in [7, 11) is 0. The maximum atomic E-state index is 12.4. The second-order valence-electron chi connectivity index (χ2n) is 5.85. The number of ether oxygens (including phenoxy) is 1. The van der Waals surface area contributed by atoms with Gasteiger partial charge in [0.1, 0.15) is 5.75 Å². The first-order chi connectivity index (χ1) is 12.6. The molecule has 6 nitrogen and oxygen atoms in total. The molecule has 0 aromatic heterocycles. The maximum Gasteiger partial charge on any atom is 0.319 e. The average molecular weight is 356 g/mol. The van der Waals surface area contributed by atoms with E-state index in [1.54, 1.807) is 12.1 Å². The molecule has 26 heavy (non-hydrogen) atoms. The summed E-state index contributed by atoms with van der Waals surface area (Å²) in [5, 5.41) is 14.6. The highest BCUT2D eigenvalue weighted by atomic mass is 16.5. The highest BCUT2D eigenvalue weighted by Gasteiger charge is 2.16. The lowest BCUT2D eigenvalue weighted by atomic mass is 10.0. The predicted molar refractivity (Wildman–Crippen MR) is 101 cm³/mol. The number of hydrogen-bond acceptors (Lipinski definition) is 3. The smallest absolute Gasteiger partial charge is 0.319 e. The van der Waals surface area contributed by atoms with E-state index in [1.807, 2.05) is 49.4 Å². The van der Waals surface area contributed by atoms with Crippen molar-refractivity contribution >= 4 is 17.7 Å². The van der Waals surface area contributed by atoms with Crippen LogP contribution in [0.4, 0.5) is 10.5 Å². The maximum absolute atomic E-state index is 12.4. The Bertz CT molecular complexity index is 719. The SMILES string of the molecule is CCOc1ccccc1NC(=O)NC(CCC(=O)O)Cc1ccccc1. The van der Waals surface area contributed by atoms with Crippen LogP contribution in [0.1, 0.15) is 25.3 Å². The lowest BCUT2D eigenvalue weighted by Crippen LogP contribution is -2.39. The third-order valence-corrected chi connectivity index (χ3v) is 3.80. The molecule has 6 heteroatoms. The Morgan fingerprint density at radius 1 is 1.08 bits per heavy atom. The molecule has 0 bridgehead atoms. The van der Waals surface area contributed by atoms with Crippen LogP contribution in [0.15, 0.2) is 54.6 Å². The number of carbonyl (C=O) groups excluding carboxylic acids is 1. The molecule has 3 N–H and O–H groups in total. The molecule has 2 amide bonds. The zero-order chi connectivity index (χ0) is 18.8. The first-order valence-electron chi connectivity index (χ1n) is 8.63. The number of amides is 2. The van der Waals surface area contributed by atoms with Gasteiger partial charge in [-0.25, -0.2) is 4.79 Å². The monoisotopic (exact) mass is 356 g/mol. The van der Waals surface area contributed by atoms with Crippen LogP contribution >= 0.6 is 0 Å². The number of para-hydroxylation sites is 2. The van der Waals surface area contributed by atoms with Crippen molar-refractivity contribution in [3.63, 3.8) is 0 Å². The molecule has 2 rings (SSSR count). The van der Waals surface area contributed by atoms with Gasteiger partial charge in [0.25, 0.3) is 0 Å². The molecule has 0 aliphatic carbocycles. The molecule has 0 aliphatic rings. The molecule has 0 saturated carbocycles. The highest BCUT2D eigenvalue weighted by molar-refractivity contribution is 5.91. The summed E-state index contributed by atoms with van der Waals surface area (Å²) in [4.78, 5) is 23.3. The Kier molecular flexibility index (Phi) is 7.49. The van der Waals surface area contributed by atoms with Crippen LogP contribution in [0.25, 0.3) is 0 Å². The summed E-state index contributed by atoms with van der Waals surface area (Å²) in [5.74, 6) is -0.290. The molecular formula is C20H24N2O4. The second kappa shape index (κ2) is 10.1.